The van der Waals surface area contributed by atoms with Gasteiger partial charge in [-0.15, -0.1) is 0 Å². The normalized spacial score (nSPS) is 13.7. The van der Waals surface area contributed by atoms with Crippen molar-refractivity contribution in [1.82, 2.24) is 0 Å². The predicted octanol–water partition coefficient (Wildman–Crippen LogP) is 15.9. The number of carboxylic acids is 1. The summed E-state index contributed by atoms with van der Waals surface area (Å²) < 4.78 is 22.8. The molecule has 0 aromatic rings. The number of carbonyl (C=O) groups is 3. The van der Waals surface area contributed by atoms with Gasteiger partial charge in [0.05, 0.1) is 34.4 Å². The molecule has 0 bridgehead atoms. The third-order valence-electron chi connectivity index (χ3n) is 11.3. The maximum atomic E-state index is 12.8. The van der Waals surface area contributed by atoms with Crippen LogP contribution in [0.25, 0.3) is 0 Å². The summed E-state index contributed by atoms with van der Waals surface area (Å²) in [5.41, 5.74) is 0. The Kier molecular flexibility index (Phi) is 48.3. The molecule has 0 saturated heterocycles. The summed E-state index contributed by atoms with van der Waals surface area (Å²) in [6, 6.07) is 0. The summed E-state index contributed by atoms with van der Waals surface area (Å²) in [6.45, 7) is 4.68. The van der Waals surface area contributed by atoms with E-state index in [-0.39, 0.29) is 38.6 Å². The van der Waals surface area contributed by atoms with E-state index in [0.717, 1.165) is 122 Å². The van der Waals surface area contributed by atoms with Crippen molar-refractivity contribution in [2.24, 2.45) is 0 Å². The third kappa shape index (κ3) is 51.8. The fourth-order valence-electron chi connectivity index (χ4n) is 7.01. The average molecular weight is 977 g/mol. The Balaban J connectivity index is 4.27. The molecule has 0 aliphatic carbocycles. The van der Waals surface area contributed by atoms with Crippen LogP contribution in [0.1, 0.15) is 200 Å². The number of aliphatic carboxylic acids is 1. The summed E-state index contributed by atoms with van der Waals surface area (Å²) >= 11 is 0. The minimum absolute atomic E-state index is 0.178. The molecule has 0 spiro atoms. The third-order valence-corrected chi connectivity index (χ3v) is 11.3. The van der Waals surface area contributed by atoms with Gasteiger partial charge in [0, 0.05) is 12.8 Å². The highest BCUT2D eigenvalue weighted by atomic mass is 16.7. The number of rotatable bonds is 49. The second kappa shape index (κ2) is 51.3. The van der Waals surface area contributed by atoms with Gasteiger partial charge in [-0.3, -0.25) is 9.59 Å². The molecule has 0 aliphatic rings. The number of hydrogen-bond acceptors (Lipinski definition) is 7. The SMILES string of the molecule is CC/C=C\C/C=C\C/C=C\C/C=C\C/C=C\C/C=C\C/C=C\CCCCCCCCCCCC(=O)OC(COC(=O)CCCCCCC/C=C\C/C=C\CCCC)COC(OCC[N+](C)(C)C)C(=O)O. The number of carboxylic acid groups (broad SMARTS) is 1. The first-order valence-electron chi connectivity index (χ1n) is 27.6. The van der Waals surface area contributed by atoms with E-state index in [9.17, 15) is 19.5 Å². The van der Waals surface area contributed by atoms with Crippen LogP contribution in [0, 0.1) is 0 Å². The first kappa shape index (κ1) is 66.0. The Labute approximate surface area is 428 Å². The average Bonchev–Trinajstić information content (AvgIpc) is 3.33. The molecule has 0 amide bonds. The van der Waals surface area contributed by atoms with Gasteiger partial charge in [0.1, 0.15) is 13.2 Å². The number of hydrogen-bond donors (Lipinski definition) is 1. The van der Waals surface area contributed by atoms with Crippen molar-refractivity contribution in [2.75, 3.05) is 47.5 Å². The minimum atomic E-state index is -1.52. The van der Waals surface area contributed by atoms with E-state index < -0.39 is 24.3 Å². The second-order valence-corrected chi connectivity index (χ2v) is 19.2. The standard InChI is InChI=1S/C61H101NO8/c1-6-8-10-12-14-16-18-20-22-23-24-25-26-27-28-29-30-31-32-33-34-35-36-37-38-40-42-44-46-48-50-52-59(64)70-57(56-69-61(60(65)66)67-54-53-62(3,4)5)55-68-58(63)51-49-47-45-43-41-39-21-19-17-15-13-11-9-7-2/h8,10,13-16,19-22,24-25,27-28,30-31,33-34,57,61H,6-7,9,11-12,17-18,23,26,29,32,35-56H2,1-5H3/p+1/b10-8-,15-13-,16-14-,21-19-,22-20-,25-24-,28-27-,31-30-,34-33-. The van der Waals surface area contributed by atoms with Crippen LogP contribution in [0.2, 0.25) is 0 Å². The molecule has 0 rings (SSSR count). The summed E-state index contributed by atoms with van der Waals surface area (Å²) in [4.78, 5) is 37.3. The number of unbranched alkanes of at least 4 members (excludes halogenated alkanes) is 16. The number of likely N-dealkylation sites (N-methyl/N-ethyl adjacent to an activating group) is 1. The lowest BCUT2D eigenvalue weighted by Gasteiger charge is -2.25. The molecular formula is C61H102NO8+. The largest absolute Gasteiger partial charge is 0.477 e. The molecule has 0 aromatic heterocycles. The van der Waals surface area contributed by atoms with E-state index in [1.807, 2.05) is 21.1 Å². The first-order valence-corrected chi connectivity index (χ1v) is 27.6. The van der Waals surface area contributed by atoms with E-state index >= 15 is 0 Å². The lowest BCUT2D eigenvalue weighted by Crippen LogP contribution is -2.40. The van der Waals surface area contributed by atoms with Gasteiger partial charge < -0.3 is 28.5 Å². The summed E-state index contributed by atoms with van der Waals surface area (Å²) in [7, 11) is 5.95. The summed E-state index contributed by atoms with van der Waals surface area (Å²) in [5.74, 6) is -2.04. The number of carbonyl (C=O) groups excluding carboxylic acids is 2. The lowest BCUT2D eigenvalue weighted by atomic mass is 10.1. The molecule has 1 N–H and O–H groups in total. The molecule has 0 fully saturated rings. The maximum absolute atomic E-state index is 12.8. The van der Waals surface area contributed by atoms with Gasteiger partial charge in [0.15, 0.2) is 6.10 Å². The summed E-state index contributed by atoms with van der Waals surface area (Å²) in [5, 5.41) is 9.68. The summed E-state index contributed by atoms with van der Waals surface area (Å²) in [6.07, 6.45) is 67.3. The molecule has 2 unspecified atom stereocenters. The number of nitrogens with zero attached hydrogens (tertiary/aromatic N) is 1. The van der Waals surface area contributed by atoms with Crippen LogP contribution in [-0.4, -0.2) is 87.4 Å². The fourth-order valence-corrected chi connectivity index (χ4v) is 7.01. The first-order chi connectivity index (χ1) is 34.1. The van der Waals surface area contributed by atoms with Crippen LogP contribution in [0.4, 0.5) is 0 Å². The monoisotopic (exact) mass is 977 g/mol. The number of esters is 2. The van der Waals surface area contributed by atoms with Crippen molar-refractivity contribution in [3.05, 3.63) is 109 Å². The zero-order chi connectivity index (χ0) is 51.3. The smallest absolute Gasteiger partial charge is 0.361 e. The van der Waals surface area contributed by atoms with E-state index in [1.54, 1.807) is 0 Å². The zero-order valence-corrected chi connectivity index (χ0v) is 45.1. The number of ether oxygens (including phenoxy) is 4. The Morgan fingerprint density at radius 2 is 0.814 bits per heavy atom. The van der Waals surface area contributed by atoms with Crippen LogP contribution in [0.5, 0.6) is 0 Å². The Bertz CT molecular complexity index is 1510. The molecule has 9 heteroatoms. The maximum Gasteiger partial charge on any atom is 0.361 e. The molecular weight excluding hydrogens is 875 g/mol. The highest BCUT2D eigenvalue weighted by Crippen LogP contribution is 2.14. The van der Waals surface area contributed by atoms with Gasteiger partial charge >= 0.3 is 17.9 Å². The minimum Gasteiger partial charge on any atom is -0.477 e. The Hall–Kier alpha value is -4.05. The van der Waals surface area contributed by atoms with Crippen molar-refractivity contribution in [3.63, 3.8) is 0 Å². The highest BCUT2D eigenvalue weighted by molar-refractivity contribution is 5.71. The Morgan fingerprint density at radius 1 is 0.443 bits per heavy atom. The van der Waals surface area contributed by atoms with Gasteiger partial charge in [-0.2, -0.15) is 0 Å². The van der Waals surface area contributed by atoms with Crippen LogP contribution in [0.3, 0.4) is 0 Å². The molecule has 398 valence electrons. The molecule has 0 saturated carbocycles. The van der Waals surface area contributed by atoms with Gasteiger partial charge in [-0.1, -0.05) is 200 Å². The van der Waals surface area contributed by atoms with Crippen LogP contribution in [-0.2, 0) is 33.3 Å². The molecule has 9 nitrogen and oxygen atoms in total. The van der Waals surface area contributed by atoms with Crippen LogP contribution >= 0.6 is 0 Å². The zero-order valence-electron chi connectivity index (χ0n) is 45.1. The van der Waals surface area contributed by atoms with E-state index in [2.05, 4.69) is 123 Å². The van der Waals surface area contributed by atoms with Crippen molar-refractivity contribution in [3.8, 4) is 0 Å². The van der Waals surface area contributed by atoms with Crippen molar-refractivity contribution in [2.45, 2.75) is 212 Å². The van der Waals surface area contributed by atoms with Crippen molar-refractivity contribution >= 4 is 17.9 Å². The van der Waals surface area contributed by atoms with Crippen LogP contribution < -0.4 is 0 Å². The predicted molar refractivity (Wildman–Crippen MR) is 295 cm³/mol. The Morgan fingerprint density at radius 3 is 1.21 bits per heavy atom. The van der Waals surface area contributed by atoms with E-state index in [1.165, 1.54) is 44.9 Å². The molecule has 2 atom stereocenters. The topological polar surface area (TPSA) is 108 Å². The molecule has 0 aliphatic heterocycles. The molecule has 0 aromatic carbocycles. The molecule has 70 heavy (non-hydrogen) atoms. The van der Waals surface area contributed by atoms with Crippen LogP contribution in [0.15, 0.2) is 109 Å². The van der Waals surface area contributed by atoms with Crippen molar-refractivity contribution in [1.29, 1.82) is 0 Å². The highest BCUT2D eigenvalue weighted by Gasteiger charge is 2.25. The second-order valence-electron chi connectivity index (χ2n) is 19.2. The van der Waals surface area contributed by atoms with Gasteiger partial charge in [0.25, 0.3) is 6.29 Å². The molecule has 0 heterocycles. The molecule has 0 radical (unpaired) electrons. The van der Waals surface area contributed by atoms with Gasteiger partial charge in [-0.25, -0.2) is 4.79 Å². The van der Waals surface area contributed by atoms with E-state index in [4.69, 9.17) is 18.9 Å². The van der Waals surface area contributed by atoms with Gasteiger partial charge in [-0.05, 0) is 96.3 Å². The lowest BCUT2D eigenvalue weighted by molar-refractivity contribution is -0.870. The quantitative estimate of drug-likeness (QED) is 0.0211. The van der Waals surface area contributed by atoms with Crippen molar-refractivity contribution < 1.29 is 42.9 Å². The number of quaternary nitrogens is 1. The van der Waals surface area contributed by atoms with E-state index in [0.29, 0.717) is 17.4 Å². The van der Waals surface area contributed by atoms with Gasteiger partial charge in [0.2, 0.25) is 0 Å². The fraction of sp³-hybridized carbons (Fsp3) is 0.656. The number of allylic oxidation sites excluding steroid dienone is 18.